The molecule has 0 saturated heterocycles. The maximum Gasteiger partial charge on any atom is 0.0789 e. The van der Waals surface area contributed by atoms with Crippen molar-refractivity contribution in [3.05, 3.63) is 461 Å². The molecule has 0 bridgehead atoms. The fourth-order valence-corrected chi connectivity index (χ4v) is 26.4. The number of aromatic nitrogens is 8. The Bertz CT molecular complexity index is 10700. The van der Waals surface area contributed by atoms with Gasteiger partial charge in [0.25, 0.3) is 0 Å². The quantitative estimate of drug-likeness (QED) is 0.145. The molecular weight excluding hydrogens is 1700 g/mol. The highest BCUT2D eigenvalue weighted by atomic mass is 15.1. The van der Waals surface area contributed by atoms with Gasteiger partial charge in [0, 0.05) is 174 Å². The molecule has 22 aromatic carbocycles. The summed E-state index contributed by atoms with van der Waals surface area (Å²) in [6.07, 6.45) is 0. The highest BCUT2D eigenvalue weighted by molar-refractivity contribution is 6.44. The van der Waals surface area contributed by atoms with E-state index in [9.17, 15) is 0 Å². The molecule has 8 heteroatoms. The number of para-hydroxylation sites is 12. The monoisotopic (exact) mass is 1770 g/mol. The van der Waals surface area contributed by atoms with E-state index in [0.717, 1.165) is 22.7 Å². The molecule has 0 unspecified atom stereocenters. The van der Waals surface area contributed by atoms with Gasteiger partial charge in [0.1, 0.15) is 0 Å². The number of benzene rings is 22. The lowest BCUT2D eigenvalue weighted by molar-refractivity contribution is 1.18. The molecule has 0 aliphatic carbocycles. The summed E-state index contributed by atoms with van der Waals surface area (Å²) >= 11 is 0. The minimum absolute atomic E-state index is 1.15. The second-order valence-electron chi connectivity index (χ2n) is 38.2. The maximum atomic E-state index is 2.69. The predicted octanol–water partition coefficient (Wildman–Crippen LogP) is 35.0. The van der Waals surface area contributed by atoms with Crippen molar-refractivity contribution in [1.82, 2.24) is 35.9 Å². The molecule has 0 amide bonds. The van der Waals surface area contributed by atoms with E-state index in [1.165, 1.54) is 284 Å². The third kappa shape index (κ3) is 9.39. The molecule has 0 spiro atoms. The van der Waals surface area contributed by atoms with E-state index in [1.807, 2.05) is 0 Å². The fourth-order valence-electron chi connectivity index (χ4n) is 26.4. The Morgan fingerprint density at radius 3 is 0.593 bits per heavy atom. The van der Waals surface area contributed by atoms with Crippen LogP contribution in [-0.2, 0) is 0 Å². The van der Waals surface area contributed by atoms with Crippen molar-refractivity contribution in [3.63, 3.8) is 0 Å². The van der Waals surface area contributed by atoms with Gasteiger partial charge in [0.2, 0.25) is 0 Å². The summed E-state index contributed by atoms with van der Waals surface area (Å²) in [5.74, 6) is 0. The smallest absolute Gasteiger partial charge is 0.0789 e. The first-order valence-electron chi connectivity index (χ1n) is 48.6. The fraction of sp³-hybridized carbons (Fsp3) is 0. The van der Waals surface area contributed by atoms with E-state index in [-0.39, 0.29) is 0 Å². The SMILES string of the molecule is c1ccc(-c2c3c4cccc5c6ccc7c(c8ccccc8n7-c7ccccc7)c6n(c3c(-c3ccccc3)c3c6cccc7c8ccc9c(c%10ccccc%10n9-c9ccccc9)c8n(c23)c76)c54)cc1.c1ccc(-c2c3c4cccc5c6ccc7c8ccccc8n(-c8ccccc8)c7c6n(c3c(-c3ccccc3)c3c6cccc7c8ccc9c%10ccccc%10n(-c%10ccccc%10)c9c8n(c23)c76)c54)cc1. The van der Waals surface area contributed by atoms with Crippen molar-refractivity contribution in [1.29, 1.82) is 0 Å². The van der Waals surface area contributed by atoms with E-state index in [4.69, 9.17) is 0 Å². The summed E-state index contributed by atoms with van der Waals surface area (Å²) in [7, 11) is 0. The number of fused-ring (bicyclic) bond motifs is 40. The molecule has 8 nitrogen and oxygen atoms in total. The summed E-state index contributed by atoms with van der Waals surface area (Å²) in [5.41, 5.74) is 39.0. The van der Waals surface area contributed by atoms with Gasteiger partial charge in [-0.3, -0.25) is 0 Å². The Balaban J connectivity index is 0.000000124. The van der Waals surface area contributed by atoms with Gasteiger partial charge in [-0.2, -0.15) is 0 Å². The van der Waals surface area contributed by atoms with E-state index >= 15 is 0 Å². The van der Waals surface area contributed by atoms with Crippen LogP contribution < -0.4 is 0 Å². The molecule has 140 heavy (non-hydrogen) atoms. The maximum absolute atomic E-state index is 2.69. The molecule has 34 rings (SSSR count). The number of hydrogen-bond acceptors (Lipinski definition) is 0. The Hall–Kier alpha value is -18.8. The van der Waals surface area contributed by atoms with Crippen LogP contribution in [0.25, 0.3) is 307 Å². The normalized spacial score (nSPS) is 12.6. The average molecular weight is 1770 g/mol. The second-order valence-corrected chi connectivity index (χ2v) is 38.2. The average Bonchev–Trinajstić information content (AvgIpc) is 1.49. The van der Waals surface area contributed by atoms with Crippen LogP contribution in [-0.4, -0.2) is 35.9 Å². The van der Waals surface area contributed by atoms with Gasteiger partial charge in [-0.1, -0.05) is 376 Å². The Labute approximate surface area is 798 Å². The van der Waals surface area contributed by atoms with Crippen LogP contribution in [0, 0.1) is 0 Å². The lowest BCUT2D eigenvalue weighted by Gasteiger charge is -2.16. The van der Waals surface area contributed by atoms with Crippen LogP contribution >= 0.6 is 0 Å². The second kappa shape index (κ2) is 27.5. The minimum Gasteiger partial charge on any atom is -0.309 e. The van der Waals surface area contributed by atoms with Crippen molar-refractivity contribution in [2.24, 2.45) is 0 Å². The van der Waals surface area contributed by atoms with Crippen molar-refractivity contribution in [2.75, 3.05) is 0 Å². The zero-order chi connectivity index (χ0) is 90.7. The summed E-state index contributed by atoms with van der Waals surface area (Å²) in [4.78, 5) is 0. The number of nitrogens with zero attached hydrogens (tertiary/aromatic N) is 8. The van der Waals surface area contributed by atoms with E-state index in [0.29, 0.717) is 0 Å². The summed E-state index contributed by atoms with van der Waals surface area (Å²) in [6.45, 7) is 0. The van der Waals surface area contributed by atoms with Crippen LogP contribution in [0.1, 0.15) is 0 Å². The zero-order valence-corrected chi connectivity index (χ0v) is 75.5. The summed E-state index contributed by atoms with van der Waals surface area (Å²) in [6, 6.07) is 171. The molecule has 0 aliphatic heterocycles. The lowest BCUT2D eigenvalue weighted by Crippen LogP contribution is -1.97. The van der Waals surface area contributed by atoms with Crippen molar-refractivity contribution in [3.8, 4) is 67.3 Å². The first-order chi connectivity index (χ1) is 69.7. The summed E-state index contributed by atoms with van der Waals surface area (Å²) < 4.78 is 20.7. The molecule has 12 heterocycles. The molecule has 34 aromatic rings. The molecule has 0 atom stereocenters. The van der Waals surface area contributed by atoms with Crippen LogP contribution in [0.5, 0.6) is 0 Å². The molecule has 0 saturated carbocycles. The minimum atomic E-state index is 1.15. The van der Waals surface area contributed by atoms with Gasteiger partial charge in [-0.15, -0.1) is 0 Å². The zero-order valence-electron chi connectivity index (χ0n) is 75.5. The van der Waals surface area contributed by atoms with Crippen molar-refractivity contribution < 1.29 is 0 Å². The van der Waals surface area contributed by atoms with Crippen LogP contribution in [0.4, 0.5) is 0 Å². The summed E-state index contributed by atoms with van der Waals surface area (Å²) in [5, 5.41) is 30.2. The standard InChI is InChI=1S/2C66H38N4/c1-5-19-39(20-6-1)55-59-49-31-17-29-43-46-36-38-54-58(48-28-14-16-34-52(48)68(54)42-25-11-4-12-26-42)64(46)70(61(43)49)66(59)56(40-21-7-2-8-22-40)60-50-32-18-30-44-45-35-37-53-57(63(45)69(62(44)50)65(55)60)47-27-13-15-33-51(47)67(53)41-23-9-3-10-24-41;1-5-19-39(20-6-1)55-57-51-31-17-29-45-50-38-36-48-44-28-14-16-34-54(44)68(42-25-11-4-12-26-42)62(48)64(50)70(59(45)51)66(57)56(40-21-7-2-8-22-40)58-52-32-18-30-46-49-37-35-47-43-27-13-15-33-53(43)67(41-23-9-3-10-24-41)61(47)63(49)69(60(46)52)65(55)58/h2*1-38H. The predicted molar refractivity (Wildman–Crippen MR) is 591 cm³/mol. The first-order valence-corrected chi connectivity index (χ1v) is 48.6. The number of hydrogen-bond donors (Lipinski definition) is 0. The Kier molecular flexibility index (Phi) is 14.7. The topological polar surface area (TPSA) is 37.4 Å². The van der Waals surface area contributed by atoms with Crippen LogP contribution in [0.2, 0.25) is 0 Å². The Morgan fingerprint density at radius 1 is 0.100 bits per heavy atom. The molecule has 12 aromatic heterocycles. The third-order valence-corrected chi connectivity index (χ3v) is 31.5. The lowest BCUT2D eigenvalue weighted by atomic mass is 9.89. The molecule has 0 N–H and O–H groups in total. The largest absolute Gasteiger partial charge is 0.309 e. The number of rotatable bonds is 8. The van der Waals surface area contributed by atoms with Crippen LogP contribution in [0.15, 0.2) is 461 Å². The van der Waals surface area contributed by atoms with Gasteiger partial charge < -0.3 is 35.9 Å². The van der Waals surface area contributed by atoms with E-state index in [2.05, 4.69) is 497 Å². The van der Waals surface area contributed by atoms with Gasteiger partial charge in [-0.25, -0.2) is 0 Å². The van der Waals surface area contributed by atoms with Gasteiger partial charge in [0.05, 0.1) is 110 Å². The van der Waals surface area contributed by atoms with Gasteiger partial charge in [-0.05, 0) is 107 Å². The van der Waals surface area contributed by atoms with E-state index in [1.54, 1.807) is 0 Å². The Morgan fingerprint density at radius 2 is 0.300 bits per heavy atom. The molecule has 644 valence electrons. The van der Waals surface area contributed by atoms with Crippen molar-refractivity contribution in [2.45, 2.75) is 0 Å². The highest BCUT2D eigenvalue weighted by Crippen LogP contribution is 2.60. The van der Waals surface area contributed by atoms with Crippen molar-refractivity contribution >= 4 is 240 Å². The van der Waals surface area contributed by atoms with Gasteiger partial charge in [0.15, 0.2) is 0 Å². The molecule has 0 radical (unpaired) electrons. The van der Waals surface area contributed by atoms with Gasteiger partial charge >= 0.3 is 0 Å². The third-order valence-electron chi connectivity index (χ3n) is 31.5. The van der Waals surface area contributed by atoms with Crippen LogP contribution in [0.3, 0.4) is 0 Å². The molecule has 0 aliphatic rings. The van der Waals surface area contributed by atoms with E-state index < -0.39 is 0 Å². The molecular formula is C132H76N8. The first kappa shape index (κ1) is 74.6. The highest BCUT2D eigenvalue weighted by Gasteiger charge is 2.37. The molecule has 0 fully saturated rings.